The van der Waals surface area contributed by atoms with Crippen LogP contribution in [0.1, 0.15) is 18.7 Å². The van der Waals surface area contributed by atoms with Gasteiger partial charge >= 0.3 is 0 Å². The van der Waals surface area contributed by atoms with Gasteiger partial charge in [0.25, 0.3) is 0 Å². The van der Waals surface area contributed by atoms with Crippen LogP contribution in [0.2, 0.25) is 0 Å². The summed E-state index contributed by atoms with van der Waals surface area (Å²) in [4.78, 5) is 37.5. The maximum Gasteiger partial charge on any atom is 0.245 e. The normalized spacial score (nSPS) is 21.0. The molecule has 3 atom stereocenters. The molecule has 0 aliphatic carbocycles. The lowest BCUT2D eigenvalue weighted by Crippen LogP contribution is -2.48. The minimum absolute atomic E-state index is 0.0204. The Morgan fingerprint density at radius 2 is 1.90 bits per heavy atom. The molecule has 4 aromatic heterocycles. The van der Waals surface area contributed by atoms with Gasteiger partial charge in [-0.25, -0.2) is 33.4 Å². The molecule has 9 rings (SSSR count). The number of carbonyl (C=O) groups excluding carboxylic acids is 1. The zero-order valence-corrected chi connectivity index (χ0v) is 26.6. The largest absolute Gasteiger partial charge is 0.374 e. The van der Waals surface area contributed by atoms with Crippen molar-refractivity contribution in [3.05, 3.63) is 84.6 Å². The van der Waals surface area contributed by atoms with Crippen molar-refractivity contribution in [2.24, 2.45) is 0 Å². The number of halogens is 2. The Morgan fingerprint density at radius 3 is 2.80 bits per heavy atom. The highest BCUT2D eigenvalue weighted by Crippen LogP contribution is 2.35. The van der Waals surface area contributed by atoms with Crippen molar-refractivity contribution in [1.29, 1.82) is 0 Å². The van der Waals surface area contributed by atoms with Crippen LogP contribution >= 0.6 is 0 Å². The van der Waals surface area contributed by atoms with Gasteiger partial charge in [0.2, 0.25) is 5.91 Å². The standard InChI is InChI=1S/C35H32F2N10O2/c1-20-41-28-7-2-5-24-27-6-3-8-31(43-27)42-22-14-30(35(48)44-11-4-12-49-23(17-44)18-45(20)32(24)28)46(16-22)33-25-15-40-47(34(25)39-19-38-33)29-10-9-21(36)13-26(29)37/h2-3,5-10,13,15,19,22-23,30H,4,11-12,14,16-18H2,1H3,(H,42,43)/t22-,23+,30-/m0/s1. The van der Waals surface area contributed by atoms with E-state index in [-0.39, 0.29) is 23.7 Å². The molecule has 2 aromatic carbocycles. The topological polar surface area (TPSA) is 119 Å². The van der Waals surface area contributed by atoms with Crippen molar-refractivity contribution in [2.45, 2.75) is 44.5 Å². The Kier molecular flexibility index (Phi) is 7.00. The smallest absolute Gasteiger partial charge is 0.245 e. The number of amides is 1. The molecule has 1 amide bonds. The van der Waals surface area contributed by atoms with Gasteiger partial charge < -0.3 is 24.4 Å². The molecule has 0 unspecified atom stereocenters. The summed E-state index contributed by atoms with van der Waals surface area (Å²) in [5.74, 6) is 0.599. The molecule has 0 saturated carbocycles. The van der Waals surface area contributed by atoms with Gasteiger partial charge in [0, 0.05) is 43.9 Å². The zero-order chi connectivity index (χ0) is 33.2. The molecule has 3 aliphatic rings. The van der Waals surface area contributed by atoms with E-state index in [0.717, 1.165) is 34.2 Å². The van der Waals surface area contributed by atoms with Crippen molar-refractivity contribution < 1.29 is 18.3 Å². The molecular formula is C35H32F2N10O2. The average Bonchev–Trinajstić information content (AvgIpc) is 3.74. The molecule has 2 saturated heterocycles. The van der Waals surface area contributed by atoms with Crippen molar-refractivity contribution in [2.75, 3.05) is 36.5 Å². The van der Waals surface area contributed by atoms with E-state index in [1.807, 2.05) is 47.1 Å². The number of pyridine rings is 1. The number of imidazole rings is 1. The van der Waals surface area contributed by atoms with Gasteiger partial charge in [-0.3, -0.25) is 4.79 Å². The first-order chi connectivity index (χ1) is 23.9. The van der Waals surface area contributed by atoms with E-state index in [2.05, 4.69) is 31.0 Å². The van der Waals surface area contributed by atoms with Gasteiger partial charge in [-0.1, -0.05) is 18.2 Å². The Balaban J connectivity index is 1.15. The number of anilines is 2. The summed E-state index contributed by atoms with van der Waals surface area (Å²) in [6.07, 6.45) is 3.91. The first-order valence-electron chi connectivity index (χ1n) is 16.4. The van der Waals surface area contributed by atoms with Crippen LogP contribution in [0.4, 0.5) is 20.4 Å². The van der Waals surface area contributed by atoms with Gasteiger partial charge in [0.05, 0.1) is 41.0 Å². The summed E-state index contributed by atoms with van der Waals surface area (Å²) in [7, 11) is 0. The molecule has 0 radical (unpaired) electrons. The first kappa shape index (κ1) is 29.6. The van der Waals surface area contributed by atoms with E-state index in [1.54, 1.807) is 6.20 Å². The van der Waals surface area contributed by atoms with Crippen molar-refractivity contribution in [3.8, 4) is 16.9 Å². The number of hydrogen-bond acceptors (Lipinski definition) is 9. The fourth-order valence-corrected chi connectivity index (χ4v) is 7.52. The molecule has 1 N–H and O–H groups in total. The summed E-state index contributed by atoms with van der Waals surface area (Å²) >= 11 is 0. The Morgan fingerprint density at radius 1 is 1.00 bits per heavy atom. The third-order valence-corrected chi connectivity index (χ3v) is 9.72. The second kappa shape index (κ2) is 11.6. The monoisotopic (exact) mass is 662 g/mol. The number of aromatic nitrogens is 7. The third-order valence-electron chi connectivity index (χ3n) is 9.72. The molecule has 0 spiro atoms. The van der Waals surface area contributed by atoms with Crippen LogP contribution in [-0.2, 0) is 16.1 Å². The summed E-state index contributed by atoms with van der Waals surface area (Å²) in [5, 5.41) is 8.56. The Labute approximate surface area is 279 Å². The minimum Gasteiger partial charge on any atom is -0.374 e. The number of carbonyl (C=O) groups is 1. The summed E-state index contributed by atoms with van der Waals surface area (Å²) in [6.45, 7) is 4.50. The Hall–Kier alpha value is -5.50. The fraction of sp³-hybridized carbons (Fsp3) is 0.314. The SMILES string of the molecule is Cc1nc2cccc3c2n1C[C@H]1CN(CCCO1)C(=O)[C@@H]1C[C@@H](CN1c1ncnc2c1cnn2-c1ccc(F)cc1F)Nc1cccc-3n1. The number of ether oxygens (including phenoxy) is 1. The molecule has 12 nitrogen and oxygen atoms in total. The molecule has 248 valence electrons. The summed E-state index contributed by atoms with van der Waals surface area (Å²) in [5.41, 5.74) is 4.07. The molecular weight excluding hydrogens is 630 g/mol. The minimum atomic E-state index is -0.765. The van der Waals surface area contributed by atoms with Crippen LogP contribution in [-0.4, -0.2) is 89.5 Å². The number of aryl methyl sites for hydroxylation is 1. The number of hydrogen-bond donors (Lipinski definition) is 1. The van der Waals surface area contributed by atoms with Crippen LogP contribution in [0.3, 0.4) is 0 Å². The predicted molar refractivity (Wildman–Crippen MR) is 178 cm³/mol. The Bertz CT molecular complexity index is 2250. The third kappa shape index (κ3) is 5.05. The molecule has 2 fully saturated rings. The summed E-state index contributed by atoms with van der Waals surface area (Å²) in [6, 6.07) is 14.6. The molecule has 7 heterocycles. The number of benzene rings is 2. The van der Waals surface area contributed by atoms with Crippen molar-refractivity contribution in [3.63, 3.8) is 0 Å². The summed E-state index contributed by atoms with van der Waals surface area (Å²) < 4.78 is 38.4. The molecule has 3 aliphatic heterocycles. The average molecular weight is 663 g/mol. The second-order valence-corrected chi connectivity index (χ2v) is 12.8. The number of para-hydroxylation sites is 1. The van der Waals surface area contributed by atoms with E-state index in [9.17, 15) is 13.6 Å². The van der Waals surface area contributed by atoms with E-state index in [1.165, 1.54) is 23.1 Å². The fourth-order valence-electron chi connectivity index (χ4n) is 7.52. The van der Waals surface area contributed by atoms with E-state index in [0.29, 0.717) is 68.3 Å². The van der Waals surface area contributed by atoms with Gasteiger partial charge in [0.15, 0.2) is 11.5 Å². The van der Waals surface area contributed by atoms with Crippen molar-refractivity contribution >= 4 is 39.6 Å². The lowest BCUT2D eigenvalue weighted by molar-refractivity contribution is -0.133. The van der Waals surface area contributed by atoms with E-state index in [4.69, 9.17) is 14.7 Å². The van der Waals surface area contributed by atoms with Gasteiger partial charge in [-0.15, -0.1) is 0 Å². The molecule has 6 aromatic rings. The molecule has 6 bridgehead atoms. The van der Waals surface area contributed by atoms with Gasteiger partial charge in [0.1, 0.15) is 41.3 Å². The van der Waals surface area contributed by atoms with Gasteiger partial charge in [-0.2, -0.15) is 5.10 Å². The second-order valence-electron chi connectivity index (χ2n) is 12.8. The molecule has 14 heteroatoms. The van der Waals surface area contributed by atoms with Crippen LogP contribution in [0.5, 0.6) is 0 Å². The quantitative estimate of drug-likeness (QED) is 0.286. The number of fused-ring (bicyclic) bond motifs is 8. The zero-order valence-electron chi connectivity index (χ0n) is 26.6. The number of nitrogens with zero attached hydrogens (tertiary/aromatic N) is 9. The van der Waals surface area contributed by atoms with Gasteiger partial charge in [-0.05, 0) is 50.1 Å². The van der Waals surface area contributed by atoms with E-state index < -0.39 is 17.7 Å². The predicted octanol–water partition coefficient (Wildman–Crippen LogP) is 4.50. The lowest BCUT2D eigenvalue weighted by atomic mass is 10.1. The maximum atomic E-state index is 14.8. The van der Waals surface area contributed by atoms with Crippen LogP contribution in [0, 0.1) is 18.6 Å². The maximum absolute atomic E-state index is 14.8. The van der Waals surface area contributed by atoms with Crippen LogP contribution in [0.15, 0.2) is 67.1 Å². The number of rotatable bonds is 2. The highest BCUT2D eigenvalue weighted by atomic mass is 19.1. The van der Waals surface area contributed by atoms with E-state index >= 15 is 0 Å². The first-order valence-corrected chi connectivity index (χ1v) is 16.4. The van der Waals surface area contributed by atoms with Crippen LogP contribution in [0.25, 0.3) is 39.0 Å². The highest BCUT2D eigenvalue weighted by molar-refractivity contribution is 5.93. The lowest BCUT2D eigenvalue weighted by Gasteiger charge is -2.31. The molecule has 49 heavy (non-hydrogen) atoms. The van der Waals surface area contributed by atoms with Crippen LogP contribution < -0.4 is 10.2 Å². The number of nitrogens with one attached hydrogen (secondary N) is 1. The highest BCUT2D eigenvalue weighted by Gasteiger charge is 2.42. The van der Waals surface area contributed by atoms with Crippen molar-refractivity contribution in [1.82, 2.24) is 39.2 Å².